The van der Waals surface area contributed by atoms with Gasteiger partial charge in [0.25, 0.3) is 0 Å². The van der Waals surface area contributed by atoms with E-state index in [1.165, 1.54) is 0 Å². The molecule has 0 aromatic carbocycles. The van der Waals surface area contributed by atoms with Crippen molar-refractivity contribution in [3.05, 3.63) is 30.1 Å². The van der Waals surface area contributed by atoms with Gasteiger partial charge in [-0.3, -0.25) is 14.7 Å². The Bertz CT molecular complexity index is 544. The van der Waals surface area contributed by atoms with Gasteiger partial charge in [-0.25, -0.2) is 0 Å². The molecule has 1 aromatic rings. The summed E-state index contributed by atoms with van der Waals surface area (Å²) in [5.41, 5.74) is 1.13. The Morgan fingerprint density at radius 1 is 1.13 bits per heavy atom. The average molecular weight is 315 g/mol. The largest absolute Gasteiger partial charge is 0.381 e. The first-order valence-electron chi connectivity index (χ1n) is 8.85. The maximum absolute atomic E-state index is 12.8. The van der Waals surface area contributed by atoms with Crippen molar-refractivity contribution in [2.75, 3.05) is 26.3 Å². The van der Waals surface area contributed by atoms with Crippen molar-refractivity contribution < 1.29 is 9.53 Å². The molecule has 0 radical (unpaired) electrons. The van der Waals surface area contributed by atoms with Crippen LogP contribution in [-0.2, 0) is 16.1 Å². The van der Waals surface area contributed by atoms with Gasteiger partial charge in [-0.1, -0.05) is 6.07 Å². The molecule has 3 fully saturated rings. The van der Waals surface area contributed by atoms with E-state index >= 15 is 0 Å². The number of hydrogen-bond donors (Lipinski definition) is 0. The molecule has 5 nitrogen and oxygen atoms in total. The third kappa shape index (κ3) is 3.00. The zero-order valence-electron chi connectivity index (χ0n) is 13.6. The summed E-state index contributed by atoms with van der Waals surface area (Å²) in [4.78, 5) is 22.0. The molecule has 1 amide bonds. The maximum atomic E-state index is 12.8. The SMILES string of the molecule is O=C(C1CCOCC1)N1CC[C@@H]2[C@@H]1CCN2Cc1ccccn1. The zero-order valence-corrected chi connectivity index (χ0v) is 13.6. The lowest BCUT2D eigenvalue weighted by Crippen LogP contribution is -2.43. The third-order valence-corrected chi connectivity index (χ3v) is 5.64. The van der Waals surface area contributed by atoms with Gasteiger partial charge >= 0.3 is 0 Å². The molecule has 2 atom stereocenters. The second-order valence-corrected chi connectivity index (χ2v) is 6.92. The smallest absolute Gasteiger partial charge is 0.226 e. The minimum atomic E-state index is 0.187. The number of likely N-dealkylation sites (tertiary alicyclic amines) is 2. The maximum Gasteiger partial charge on any atom is 0.226 e. The van der Waals surface area contributed by atoms with Crippen LogP contribution in [0.1, 0.15) is 31.4 Å². The molecule has 0 aliphatic carbocycles. The molecule has 3 aliphatic rings. The number of carbonyl (C=O) groups excluding carboxylic acids is 1. The highest BCUT2D eigenvalue weighted by atomic mass is 16.5. The van der Waals surface area contributed by atoms with Crippen molar-refractivity contribution in [1.29, 1.82) is 0 Å². The minimum Gasteiger partial charge on any atom is -0.381 e. The van der Waals surface area contributed by atoms with Crippen LogP contribution in [0.2, 0.25) is 0 Å². The van der Waals surface area contributed by atoms with Crippen molar-refractivity contribution in [2.24, 2.45) is 5.92 Å². The highest BCUT2D eigenvalue weighted by Gasteiger charge is 2.45. The van der Waals surface area contributed by atoms with Gasteiger partial charge in [0.1, 0.15) is 0 Å². The number of pyridine rings is 1. The monoisotopic (exact) mass is 315 g/mol. The van der Waals surface area contributed by atoms with Crippen LogP contribution in [0.15, 0.2) is 24.4 Å². The molecule has 4 heterocycles. The molecule has 23 heavy (non-hydrogen) atoms. The Kier molecular flexibility index (Phi) is 4.31. The fourth-order valence-electron chi connectivity index (χ4n) is 4.42. The van der Waals surface area contributed by atoms with Crippen molar-refractivity contribution in [3.63, 3.8) is 0 Å². The van der Waals surface area contributed by atoms with Crippen LogP contribution in [0.5, 0.6) is 0 Å². The highest BCUT2D eigenvalue weighted by Crippen LogP contribution is 2.34. The van der Waals surface area contributed by atoms with E-state index in [4.69, 9.17) is 4.74 Å². The molecule has 0 bridgehead atoms. The predicted octanol–water partition coefficient (Wildman–Crippen LogP) is 1.68. The molecule has 3 aliphatic heterocycles. The standard InChI is InChI=1S/C18H25N3O2/c22-18(14-6-11-23-12-7-14)21-10-5-16-17(21)4-9-20(16)13-15-3-1-2-8-19-15/h1-3,8,14,16-17H,4-7,9-13H2/t16-,17+/m1/s1. The van der Waals surface area contributed by atoms with E-state index in [0.717, 1.165) is 64.2 Å². The minimum absolute atomic E-state index is 0.187. The van der Waals surface area contributed by atoms with Crippen LogP contribution >= 0.6 is 0 Å². The molecular formula is C18H25N3O2. The Labute approximate surface area is 137 Å². The molecule has 1 aromatic heterocycles. The van der Waals surface area contributed by atoms with Crippen LogP contribution < -0.4 is 0 Å². The Balaban J connectivity index is 1.40. The lowest BCUT2D eigenvalue weighted by Gasteiger charge is -2.30. The summed E-state index contributed by atoms with van der Waals surface area (Å²) in [6.45, 7) is 4.38. The first-order valence-corrected chi connectivity index (χ1v) is 8.85. The molecular weight excluding hydrogens is 290 g/mol. The third-order valence-electron chi connectivity index (χ3n) is 5.64. The van der Waals surface area contributed by atoms with E-state index in [2.05, 4.69) is 20.9 Å². The number of fused-ring (bicyclic) bond motifs is 1. The second kappa shape index (κ2) is 6.57. The van der Waals surface area contributed by atoms with Crippen molar-refractivity contribution in [3.8, 4) is 0 Å². The van der Waals surface area contributed by atoms with Crippen LogP contribution in [0, 0.1) is 5.92 Å². The number of hydrogen-bond acceptors (Lipinski definition) is 4. The molecule has 0 saturated carbocycles. The van der Waals surface area contributed by atoms with Crippen LogP contribution in [0.4, 0.5) is 0 Å². The van der Waals surface area contributed by atoms with Crippen molar-refractivity contribution in [2.45, 2.75) is 44.3 Å². The summed E-state index contributed by atoms with van der Waals surface area (Å²) in [7, 11) is 0. The summed E-state index contributed by atoms with van der Waals surface area (Å²) >= 11 is 0. The molecule has 0 N–H and O–H groups in total. The number of aromatic nitrogens is 1. The van der Waals surface area contributed by atoms with Gasteiger partial charge in [0.05, 0.1) is 5.69 Å². The molecule has 0 unspecified atom stereocenters. The van der Waals surface area contributed by atoms with Gasteiger partial charge in [-0.15, -0.1) is 0 Å². The van der Waals surface area contributed by atoms with E-state index < -0.39 is 0 Å². The van der Waals surface area contributed by atoms with Crippen LogP contribution in [-0.4, -0.2) is 59.1 Å². The van der Waals surface area contributed by atoms with E-state index in [0.29, 0.717) is 18.0 Å². The fraction of sp³-hybridized carbons (Fsp3) is 0.667. The summed E-state index contributed by atoms with van der Waals surface area (Å²) in [5, 5.41) is 0. The van der Waals surface area contributed by atoms with E-state index in [1.807, 2.05) is 18.3 Å². The lowest BCUT2D eigenvalue weighted by atomic mass is 9.98. The lowest BCUT2D eigenvalue weighted by molar-refractivity contribution is -0.139. The average Bonchev–Trinajstić information content (AvgIpc) is 3.19. The number of carbonyl (C=O) groups is 1. The van der Waals surface area contributed by atoms with Crippen molar-refractivity contribution >= 4 is 5.91 Å². The number of amides is 1. The Hall–Kier alpha value is -1.46. The summed E-state index contributed by atoms with van der Waals surface area (Å²) < 4.78 is 5.40. The van der Waals surface area contributed by atoms with Gasteiger partial charge in [-0.2, -0.15) is 0 Å². The predicted molar refractivity (Wildman–Crippen MR) is 86.7 cm³/mol. The first-order chi connectivity index (χ1) is 11.3. The quantitative estimate of drug-likeness (QED) is 0.851. The van der Waals surface area contributed by atoms with Gasteiger partial charge in [0.15, 0.2) is 0 Å². The topological polar surface area (TPSA) is 45.7 Å². The van der Waals surface area contributed by atoms with Gasteiger partial charge < -0.3 is 9.64 Å². The van der Waals surface area contributed by atoms with Crippen LogP contribution in [0.3, 0.4) is 0 Å². The Morgan fingerprint density at radius 2 is 1.96 bits per heavy atom. The van der Waals surface area contributed by atoms with E-state index in [1.54, 1.807) is 0 Å². The summed E-state index contributed by atoms with van der Waals surface area (Å²) in [6.07, 6.45) is 5.85. The molecule has 0 spiro atoms. The van der Waals surface area contributed by atoms with Crippen molar-refractivity contribution in [1.82, 2.24) is 14.8 Å². The first kappa shape index (κ1) is 15.1. The highest BCUT2D eigenvalue weighted by molar-refractivity contribution is 5.79. The molecule has 5 heteroatoms. The number of rotatable bonds is 3. The van der Waals surface area contributed by atoms with Gasteiger partial charge in [0.2, 0.25) is 5.91 Å². The van der Waals surface area contributed by atoms with Crippen LogP contribution in [0.25, 0.3) is 0 Å². The van der Waals surface area contributed by atoms with E-state index in [-0.39, 0.29) is 5.92 Å². The normalized spacial score (nSPS) is 29.0. The fourth-order valence-corrected chi connectivity index (χ4v) is 4.42. The molecule has 3 saturated heterocycles. The molecule has 4 rings (SSSR count). The molecule has 124 valence electrons. The van der Waals surface area contributed by atoms with E-state index in [9.17, 15) is 4.79 Å². The summed E-state index contributed by atoms with van der Waals surface area (Å²) in [6, 6.07) is 7.02. The Morgan fingerprint density at radius 3 is 2.74 bits per heavy atom. The number of ether oxygens (including phenoxy) is 1. The summed E-state index contributed by atoms with van der Waals surface area (Å²) in [5.74, 6) is 0.563. The van der Waals surface area contributed by atoms with Gasteiger partial charge in [0, 0.05) is 57.0 Å². The number of nitrogens with zero attached hydrogens (tertiary/aromatic N) is 3. The second-order valence-electron chi connectivity index (χ2n) is 6.92. The van der Waals surface area contributed by atoms with Gasteiger partial charge in [-0.05, 0) is 37.8 Å². The zero-order chi connectivity index (χ0) is 15.6.